The number of aryl methyl sites for hydroxylation is 1. The van der Waals surface area contributed by atoms with Gasteiger partial charge in [-0.2, -0.15) is 0 Å². The van der Waals surface area contributed by atoms with Crippen molar-refractivity contribution in [2.45, 2.75) is 20.5 Å². The van der Waals surface area contributed by atoms with Gasteiger partial charge in [-0.25, -0.2) is 9.37 Å². The summed E-state index contributed by atoms with van der Waals surface area (Å²) in [5.74, 6) is -0.206. The van der Waals surface area contributed by atoms with E-state index in [1.54, 1.807) is 19.1 Å². The zero-order chi connectivity index (χ0) is 18.7. The molecule has 0 bridgehead atoms. The number of rotatable bonds is 5. The number of carbonyl (C=O) groups excluding carboxylic acids is 1. The fourth-order valence-corrected chi connectivity index (χ4v) is 2.63. The van der Waals surface area contributed by atoms with Crippen molar-refractivity contribution in [1.82, 2.24) is 14.7 Å². The highest BCUT2D eigenvalue weighted by Crippen LogP contribution is 2.14. The van der Waals surface area contributed by atoms with Gasteiger partial charge in [-0.15, -0.1) is 0 Å². The van der Waals surface area contributed by atoms with Crippen LogP contribution in [0.25, 0.3) is 5.65 Å². The molecule has 3 rings (SSSR count). The summed E-state index contributed by atoms with van der Waals surface area (Å²) in [6.07, 6.45) is 0. The molecule has 0 saturated carbocycles. The Balaban J connectivity index is 1.95. The molecular formula is C19H18FN3O3. The number of nitrogens with zero attached hydrogens (tertiary/aromatic N) is 2. The van der Waals surface area contributed by atoms with E-state index in [2.05, 4.69) is 10.3 Å². The van der Waals surface area contributed by atoms with Gasteiger partial charge in [0.2, 0.25) is 0 Å². The molecule has 0 fully saturated rings. The van der Waals surface area contributed by atoms with Crippen LogP contribution in [-0.4, -0.2) is 21.8 Å². The second-order valence-electron chi connectivity index (χ2n) is 5.75. The lowest BCUT2D eigenvalue weighted by molar-refractivity contribution is 0.0948. The number of nitrogens with one attached hydrogen (secondary N) is 1. The predicted octanol–water partition coefficient (Wildman–Crippen LogP) is 2.47. The van der Waals surface area contributed by atoms with E-state index < -0.39 is 0 Å². The van der Waals surface area contributed by atoms with E-state index in [0.717, 1.165) is 0 Å². The molecule has 2 heterocycles. The first kappa shape index (κ1) is 17.6. The summed E-state index contributed by atoms with van der Waals surface area (Å²) in [6.45, 7) is 4.09. The van der Waals surface area contributed by atoms with Crippen molar-refractivity contribution in [3.05, 3.63) is 75.6 Å². The summed E-state index contributed by atoms with van der Waals surface area (Å²) in [5.41, 5.74) is 1.38. The van der Waals surface area contributed by atoms with Crippen LogP contribution in [0.5, 0.6) is 5.75 Å². The number of halogens is 1. The molecule has 3 aromatic rings. The number of hydrogen-bond donors (Lipinski definition) is 1. The van der Waals surface area contributed by atoms with Crippen molar-refractivity contribution in [1.29, 1.82) is 0 Å². The molecular weight excluding hydrogens is 337 g/mol. The SMILES string of the molecule is CCNC(=O)c1c(C)ccc2nc(COc3ccc(F)cc3)cc(=O)n12. The van der Waals surface area contributed by atoms with E-state index in [9.17, 15) is 14.0 Å². The standard InChI is InChI=1S/C19H18FN3O3/c1-3-21-19(25)18-12(2)4-9-16-22-14(10-17(24)23(16)18)11-26-15-7-5-13(20)6-8-15/h4-10H,3,11H2,1-2H3,(H,21,25). The predicted molar refractivity (Wildman–Crippen MR) is 94.9 cm³/mol. The number of amides is 1. The van der Waals surface area contributed by atoms with Crippen LogP contribution in [0.15, 0.2) is 47.3 Å². The Morgan fingerprint density at radius 1 is 1.23 bits per heavy atom. The average molecular weight is 355 g/mol. The number of aromatic nitrogens is 2. The zero-order valence-corrected chi connectivity index (χ0v) is 14.5. The highest BCUT2D eigenvalue weighted by Gasteiger charge is 2.15. The van der Waals surface area contributed by atoms with Gasteiger partial charge in [0, 0.05) is 12.6 Å². The summed E-state index contributed by atoms with van der Waals surface area (Å²) in [7, 11) is 0. The normalized spacial score (nSPS) is 10.7. The van der Waals surface area contributed by atoms with E-state index in [1.807, 2.05) is 6.92 Å². The van der Waals surface area contributed by atoms with Gasteiger partial charge < -0.3 is 10.1 Å². The maximum Gasteiger partial charge on any atom is 0.268 e. The Morgan fingerprint density at radius 2 is 1.96 bits per heavy atom. The van der Waals surface area contributed by atoms with Crippen LogP contribution in [0.1, 0.15) is 28.7 Å². The van der Waals surface area contributed by atoms with E-state index in [-0.39, 0.29) is 29.6 Å². The second-order valence-corrected chi connectivity index (χ2v) is 5.75. The Labute approximate surface area is 149 Å². The Kier molecular flexibility index (Phi) is 4.97. The van der Waals surface area contributed by atoms with Crippen LogP contribution in [-0.2, 0) is 6.61 Å². The van der Waals surface area contributed by atoms with Crippen LogP contribution in [0.4, 0.5) is 4.39 Å². The first-order valence-corrected chi connectivity index (χ1v) is 8.18. The maximum atomic E-state index is 12.9. The number of benzene rings is 1. The molecule has 0 aliphatic carbocycles. The summed E-state index contributed by atoms with van der Waals surface area (Å²) in [6, 6.07) is 10.3. The molecule has 0 atom stereocenters. The first-order valence-electron chi connectivity index (χ1n) is 8.18. The number of fused-ring (bicyclic) bond motifs is 1. The van der Waals surface area contributed by atoms with Gasteiger partial charge in [-0.3, -0.25) is 14.0 Å². The number of pyridine rings is 1. The molecule has 0 aliphatic rings. The van der Waals surface area contributed by atoms with Gasteiger partial charge in [0.1, 0.15) is 29.5 Å². The molecule has 26 heavy (non-hydrogen) atoms. The van der Waals surface area contributed by atoms with Gasteiger partial charge in [0.25, 0.3) is 11.5 Å². The third-order valence-corrected chi connectivity index (χ3v) is 3.83. The van der Waals surface area contributed by atoms with Crippen LogP contribution in [0, 0.1) is 12.7 Å². The van der Waals surface area contributed by atoms with Crippen LogP contribution < -0.4 is 15.6 Å². The Hall–Kier alpha value is -3.22. The Morgan fingerprint density at radius 3 is 2.65 bits per heavy atom. The first-order chi connectivity index (χ1) is 12.5. The summed E-state index contributed by atoms with van der Waals surface area (Å²) in [4.78, 5) is 29.3. The van der Waals surface area contributed by atoms with Gasteiger partial charge in [0.15, 0.2) is 0 Å². The van der Waals surface area contributed by atoms with Gasteiger partial charge in [-0.1, -0.05) is 6.07 Å². The number of ether oxygens (including phenoxy) is 1. The molecule has 1 aromatic carbocycles. The lowest BCUT2D eigenvalue weighted by Gasteiger charge is -2.12. The molecule has 7 heteroatoms. The van der Waals surface area contributed by atoms with Crippen LogP contribution >= 0.6 is 0 Å². The third kappa shape index (κ3) is 3.56. The smallest absolute Gasteiger partial charge is 0.268 e. The number of hydrogen-bond acceptors (Lipinski definition) is 4. The van der Waals surface area contributed by atoms with E-state index >= 15 is 0 Å². The number of carbonyl (C=O) groups is 1. The van der Waals surface area contributed by atoms with Crippen molar-refractivity contribution in [3.63, 3.8) is 0 Å². The highest BCUT2D eigenvalue weighted by atomic mass is 19.1. The minimum atomic E-state index is -0.363. The van der Waals surface area contributed by atoms with E-state index in [4.69, 9.17) is 4.74 Å². The monoisotopic (exact) mass is 355 g/mol. The molecule has 1 N–H and O–H groups in total. The molecule has 0 radical (unpaired) electrons. The third-order valence-electron chi connectivity index (χ3n) is 3.83. The van der Waals surface area contributed by atoms with Crippen molar-refractivity contribution in [3.8, 4) is 5.75 Å². The van der Waals surface area contributed by atoms with Gasteiger partial charge >= 0.3 is 0 Å². The molecule has 0 saturated heterocycles. The van der Waals surface area contributed by atoms with E-state index in [0.29, 0.717) is 29.2 Å². The zero-order valence-electron chi connectivity index (χ0n) is 14.5. The molecule has 0 aliphatic heterocycles. The van der Waals surface area contributed by atoms with Crippen LogP contribution in [0.3, 0.4) is 0 Å². The molecule has 134 valence electrons. The van der Waals surface area contributed by atoms with Gasteiger partial charge in [0.05, 0.1) is 5.69 Å². The Bertz CT molecular complexity index is 1010. The molecule has 1 amide bonds. The van der Waals surface area contributed by atoms with Crippen molar-refractivity contribution in [2.24, 2.45) is 0 Å². The molecule has 2 aromatic heterocycles. The molecule has 0 unspecified atom stereocenters. The van der Waals surface area contributed by atoms with Crippen molar-refractivity contribution >= 4 is 11.6 Å². The molecule has 6 nitrogen and oxygen atoms in total. The largest absolute Gasteiger partial charge is 0.487 e. The molecule has 0 spiro atoms. The van der Waals surface area contributed by atoms with E-state index in [1.165, 1.54) is 34.7 Å². The fraction of sp³-hybridized carbons (Fsp3) is 0.211. The maximum absolute atomic E-state index is 12.9. The average Bonchev–Trinajstić information content (AvgIpc) is 2.62. The van der Waals surface area contributed by atoms with Gasteiger partial charge in [-0.05, 0) is 49.7 Å². The topological polar surface area (TPSA) is 72.7 Å². The van der Waals surface area contributed by atoms with Crippen molar-refractivity contribution in [2.75, 3.05) is 6.54 Å². The summed E-state index contributed by atoms with van der Waals surface area (Å²) >= 11 is 0. The summed E-state index contributed by atoms with van der Waals surface area (Å²) < 4.78 is 19.8. The fourth-order valence-electron chi connectivity index (χ4n) is 2.63. The minimum Gasteiger partial charge on any atom is -0.487 e. The quantitative estimate of drug-likeness (QED) is 0.763. The lowest BCUT2D eigenvalue weighted by Crippen LogP contribution is -2.30. The highest BCUT2D eigenvalue weighted by molar-refractivity contribution is 5.94. The second kappa shape index (κ2) is 7.35. The summed E-state index contributed by atoms with van der Waals surface area (Å²) in [5, 5.41) is 2.71. The van der Waals surface area contributed by atoms with Crippen molar-refractivity contribution < 1.29 is 13.9 Å². The lowest BCUT2D eigenvalue weighted by atomic mass is 10.2. The minimum absolute atomic E-state index is 0.0573. The van der Waals surface area contributed by atoms with Crippen LogP contribution in [0.2, 0.25) is 0 Å².